The molecule has 16 heavy (non-hydrogen) atoms. The van der Waals surface area contributed by atoms with Crippen molar-refractivity contribution < 1.29 is 4.79 Å². The minimum atomic E-state index is -0.733. The largest absolute Gasteiger partial charge is 0.368 e. The van der Waals surface area contributed by atoms with Crippen molar-refractivity contribution in [2.24, 2.45) is 5.73 Å². The predicted octanol–water partition coefficient (Wildman–Crippen LogP) is 0.0416. The highest BCUT2D eigenvalue weighted by atomic mass is 16.1. The molecular formula is C10H19N5O. The van der Waals surface area contributed by atoms with E-state index in [2.05, 4.69) is 22.3 Å². The van der Waals surface area contributed by atoms with Gasteiger partial charge in [0.25, 0.3) is 0 Å². The maximum atomic E-state index is 11.1. The standard InChI is InChI=1S/C10H19N5O/c1-4-5-15-8(12-7-14-15)6-13-10(2,3)9(11)16/h7,13H,4-6H2,1-3H3,(H2,11,16). The molecule has 1 aromatic heterocycles. The van der Waals surface area contributed by atoms with Gasteiger partial charge >= 0.3 is 0 Å². The van der Waals surface area contributed by atoms with Gasteiger partial charge in [0.1, 0.15) is 12.2 Å². The summed E-state index contributed by atoms with van der Waals surface area (Å²) < 4.78 is 1.82. The monoisotopic (exact) mass is 225 g/mol. The van der Waals surface area contributed by atoms with Gasteiger partial charge in [-0.05, 0) is 20.3 Å². The van der Waals surface area contributed by atoms with Gasteiger partial charge in [-0.3, -0.25) is 10.1 Å². The Morgan fingerprint density at radius 2 is 2.31 bits per heavy atom. The smallest absolute Gasteiger partial charge is 0.237 e. The number of carbonyl (C=O) groups is 1. The van der Waals surface area contributed by atoms with Crippen LogP contribution in [-0.2, 0) is 17.9 Å². The third kappa shape index (κ3) is 3.03. The zero-order valence-corrected chi connectivity index (χ0v) is 10.0. The van der Waals surface area contributed by atoms with Crippen molar-refractivity contribution in [1.82, 2.24) is 20.1 Å². The fraction of sp³-hybridized carbons (Fsp3) is 0.700. The summed E-state index contributed by atoms with van der Waals surface area (Å²) >= 11 is 0. The van der Waals surface area contributed by atoms with E-state index in [1.807, 2.05) is 4.68 Å². The lowest BCUT2D eigenvalue weighted by Crippen LogP contribution is -2.50. The summed E-state index contributed by atoms with van der Waals surface area (Å²) in [5, 5.41) is 7.16. The molecule has 6 nitrogen and oxygen atoms in total. The summed E-state index contributed by atoms with van der Waals surface area (Å²) in [5.74, 6) is 0.435. The second-order valence-electron chi connectivity index (χ2n) is 4.24. The van der Waals surface area contributed by atoms with E-state index >= 15 is 0 Å². The maximum Gasteiger partial charge on any atom is 0.237 e. The minimum Gasteiger partial charge on any atom is -0.368 e. The van der Waals surface area contributed by atoms with Crippen LogP contribution in [0.15, 0.2) is 6.33 Å². The zero-order valence-electron chi connectivity index (χ0n) is 10.0. The Morgan fingerprint density at radius 1 is 1.62 bits per heavy atom. The molecule has 0 fully saturated rings. The van der Waals surface area contributed by atoms with Crippen LogP contribution in [0.5, 0.6) is 0 Å². The number of rotatable bonds is 6. The van der Waals surface area contributed by atoms with E-state index in [-0.39, 0.29) is 5.91 Å². The second kappa shape index (κ2) is 5.07. The summed E-state index contributed by atoms with van der Waals surface area (Å²) in [6, 6.07) is 0. The number of hydrogen-bond acceptors (Lipinski definition) is 4. The summed E-state index contributed by atoms with van der Waals surface area (Å²) in [6.45, 7) is 6.88. The zero-order chi connectivity index (χ0) is 12.2. The topological polar surface area (TPSA) is 85.8 Å². The van der Waals surface area contributed by atoms with Crippen LogP contribution in [0.3, 0.4) is 0 Å². The SMILES string of the molecule is CCCn1ncnc1CNC(C)(C)C(N)=O. The first-order valence-corrected chi connectivity index (χ1v) is 5.39. The lowest BCUT2D eigenvalue weighted by Gasteiger charge is -2.21. The molecule has 0 saturated heterocycles. The van der Waals surface area contributed by atoms with Crippen molar-refractivity contribution in [2.45, 2.75) is 45.8 Å². The van der Waals surface area contributed by atoms with Crippen molar-refractivity contribution in [3.8, 4) is 0 Å². The lowest BCUT2D eigenvalue weighted by atomic mass is 10.1. The third-order valence-electron chi connectivity index (χ3n) is 2.44. The van der Waals surface area contributed by atoms with Crippen molar-refractivity contribution in [3.05, 3.63) is 12.2 Å². The number of aryl methyl sites for hydroxylation is 1. The maximum absolute atomic E-state index is 11.1. The van der Waals surface area contributed by atoms with Gasteiger partial charge in [-0.15, -0.1) is 0 Å². The van der Waals surface area contributed by atoms with Gasteiger partial charge in [-0.1, -0.05) is 6.92 Å². The Hall–Kier alpha value is -1.43. The lowest BCUT2D eigenvalue weighted by molar-refractivity contribution is -0.123. The molecule has 0 radical (unpaired) electrons. The molecule has 0 aromatic carbocycles. The Labute approximate surface area is 95.2 Å². The first kappa shape index (κ1) is 12.6. The van der Waals surface area contributed by atoms with Crippen LogP contribution in [0.1, 0.15) is 33.0 Å². The Balaban J connectivity index is 2.60. The van der Waals surface area contributed by atoms with Crippen LogP contribution in [0.2, 0.25) is 0 Å². The predicted molar refractivity (Wildman–Crippen MR) is 60.4 cm³/mol. The molecule has 0 spiro atoms. The van der Waals surface area contributed by atoms with E-state index < -0.39 is 5.54 Å². The van der Waals surface area contributed by atoms with E-state index in [1.54, 1.807) is 13.8 Å². The molecule has 1 aromatic rings. The molecule has 6 heteroatoms. The number of amides is 1. The Morgan fingerprint density at radius 3 is 2.88 bits per heavy atom. The molecule has 0 aliphatic carbocycles. The highest BCUT2D eigenvalue weighted by Crippen LogP contribution is 2.03. The molecule has 0 aliphatic heterocycles. The van der Waals surface area contributed by atoms with Gasteiger partial charge in [0.2, 0.25) is 5.91 Å². The molecule has 90 valence electrons. The number of carbonyl (C=O) groups excluding carboxylic acids is 1. The van der Waals surface area contributed by atoms with E-state index in [1.165, 1.54) is 6.33 Å². The number of nitrogens with zero attached hydrogens (tertiary/aromatic N) is 3. The van der Waals surface area contributed by atoms with Gasteiger partial charge in [0.05, 0.1) is 12.1 Å². The summed E-state index contributed by atoms with van der Waals surface area (Å²) in [7, 11) is 0. The third-order valence-corrected chi connectivity index (χ3v) is 2.44. The Bertz CT molecular complexity index is 358. The Kier molecular flexibility index (Phi) is 4.00. The van der Waals surface area contributed by atoms with Crippen LogP contribution in [0.4, 0.5) is 0 Å². The van der Waals surface area contributed by atoms with Gasteiger partial charge in [-0.2, -0.15) is 5.10 Å². The van der Waals surface area contributed by atoms with Gasteiger partial charge in [0.15, 0.2) is 0 Å². The highest BCUT2D eigenvalue weighted by molar-refractivity contribution is 5.83. The molecule has 0 unspecified atom stereocenters. The van der Waals surface area contributed by atoms with Gasteiger partial charge in [0, 0.05) is 6.54 Å². The van der Waals surface area contributed by atoms with Crippen LogP contribution < -0.4 is 11.1 Å². The summed E-state index contributed by atoms with van der Waals surface area (Å²) in [4.78, 5) is 15.2. The van der Waals surface area contributed by atoms with E-state index in [0.29, 0.717) is 6.54 Å². The molecule has 1 heterocycles. The van der Waals surface area contributed by atoms with E-state index in [9.17, 15) is 4.79 Å². The first-order chi connectivity index (χ1) is 7.47. The molecule has 0 aliphatic rings. The molecule has 3 N–H and O–H groups in total. The fourth-order valence-electron chi connectivity index (χ4n) is 1.21. The number of primary amides is 1. The van der Waals surface area contributed by atoms with E-state index in [0.717, 1.165) is 18.8 Å². The molecular weight excluding hydrogens is 206 g/mol. The molecule has 1 amide bonds. The van der Waals surface area contributed by atoms with Crippen molar-refractivity contribution in [2.75, 3.05) is 0 Å². The second-order valence-corrected chi connectivity index (χ2v) is 4.24. The summed E-state index contributed by atoms with van der Waals surface area (Å²) in [5.41, 5.74) is 4.53. The van der Waals surface area contributed by atoms with Gasteiger partial charge in [-0.25, -0.2) is 9.67 Å². The molecule has 0 bridgehead atoms. The van der Waals surface area contributed by atoms with Crippen LogP contribution >= 0.6 is 0 Å². The van der Waals surface area contributed by atoms with Gasteiger partial charge < -0.3 is 5.73 Å². The highest BCUT2D eigenvalue weighted by Gasteiger charge is 2.24. The number of nitrogens with two attached hydrogens (primary N) is 1. The normalized spacial score (nSPS) is 11.7. The summed E-state index contributed by atoms with van der Waals surface area (Å²) in [6.07, 6.45) is 2.51. The van der Waals surface area contributed by atoms with Crippen LogP contribution in [0.25, 0.3) is 0 Å². The number of hydrogen-bond donors (Lipinski definition) is 2. The minimum absolute atomic E-state index is 0.381. The van der Waals surface area contributed by atoms with Crippen LogP contribution in [0, 0.1) is 0 Å². The van der Waals surface area contributed by atoms with E-state index in [4.69, 9.17) is 5.73 Å². The van der Waals surface area contributed by atoms with Crippen LogP contribution in [-0.4, -0.2) is 26.2 Å². The average Bonchev–Trinajstić information content (AvgIpc) is 2.63. The molecule has 0 saturated carbocycles. The first-order valence-electron chi connectivity index (χ1n) is 5.39. The number of aromatic nitrogens is 3. The quantitative estimate of drug-likeness (QED) is 0.716. The van der Waals surface area contributed by atoms with Crippen molar-refractivity contribution in [1.29, 1.82) is 0 Å². The fourth-order valence-corrected chi connectivity index (χ4v) is 1.21. The van der Waals surface area contributed by atoms with Crippen molar-refractivity contribution >= 4 is 5.91 Å². The average molecular weight is 225 g/mol. The molecule has 1 rings (SSSR count). The number of nitrogens with one attached hydrogen (secondary N) is 1. The molecule has 0 atom stereocenters. The van der Waals surface area contributed by atoms with Crippen molar-refractivity contribution in [3.63, 3.8) is 0 Å².